The topological polar surface area (TPSA) is 106 Å². The molecule has 1 N–H and O–H groups in total. The number of aliphatic hydroxyl groups excluding tert-OH is 1. The minimum atomic E-state index is -1.02. The van der Waals surface area contributed by atoms with Crippen LogP contribution in [-0.2, 0) is 14.3 Å². The lowest BCUT2D eigenvalue weighted by molar-refractivity contribution is -0.132. The zero-order chi connectivity index (χ0) is 25.3. The first-order chi connectivity index (χ1) is 16.8. The van der Waals surface area contributed by atoms with E-state index in [4.69, 9.17) is 21.1 Å². The second-order valence-electron chi connectivity index (χ2n) is 7.58. The highest BCUT2D eigenvalue weighted by molar-refractivity contribution is 7.17. The van der Waals surface area contributed by atoms with Crippen LogP contribution in [0.5, 0.6) is 5.75 Å². The maximum Gasteiger partial charge on any atom is 0.350 e. The summed E-state index contributed by atoms with van der Waals surface area (Å²) in [6, 6.07) is 12.2. The van der Waals surface area contributed by atoms with Crippen LogP contribution in [0.2, 0.25) is 5.02 Å². The number of hydrogen-bond donors (Lipinski definition) is 1. The van der Waals surface area contributed by atoms with E-state index in [1.54, 1.807) is 55.5 Å². The van der Waals surface area contributed by atoms with Crippen LogP contribution in [0.3, 0.4) is 0 Å². The highest BCUT2D eigenvalue weighted by Crippen LogP contribution is 2.44. The minimum absolute atomic E-state index is 0.117. The van der Waals surface area contributed by atoms with Gasteiger partial charge in [0.05, 0.1) is 31.0 Å². The highest BCUT2D eigenvalue weighted by Gasteiger charge is 2.48. The Morgan fingerprint density at radius 2 is 1.91 bits per heavy atom. The van der Waals surface area contributed by atoms with Gasteiger partial charge in [0.15, 0.2) is 5.13 Å². The van der Waals surface area contributed by atoms with Gasteiger partial charge in [-0.2, -0.15) is 0 Å². The van der Waals surface area contributed by atoms with Crippen LogP contribution < -0.4 is 9.64 Å². The standard InChI is InChI=1S/C25H21ClN2O6S/c1-4-34-17-10-8-14(9-11-17)20(29)18-19(15-6-5-7-16(26)12-15)28(23(31)21(18)30)25-27-13(2)22(35-25)24(32)33-3/h5-12,19,29H,4H2,1-3H3/t19-/m1/s1. The number of ketones is 1. The molecular formula is C25H21ClN2O6S. The summed E-state index contributed by atoms with van der Waals surface area (Å²) in [5, 5.41) is 11.7. The van der Waals surface area contributed by atoms with Crippen molar-refractivity contribution in [3.63, 3.8) is 0 Å². The van der Waals surface area contributed by atoms with Crippen LogP contribution in [-0.4, -0.2) is 41.5 Å². The van der Waals surface area contributed by atoms with Crippen molar-refractivity contribution in [2.75, 3.05) is 18.6 Å². The Morgan fingerprint density at radius 3 is 2.54 bits per heavy atom. The number of hydrogen-bond acceptors (Lipinski definition) is 8. The second kappa shape index (κ2) is 9.89. The Kier molecular flexibility index (Phi) is 6.90. The number of nitrogens with zero attached hydrogens (tertiary/aromatic N) is 2. The van der Waals surface area contributed by atoms with Gasteiger partial charge in [-0.15, -0.1) is 0 Å². The number of benzene rings is 2. The third kappa shape index (κ3) is 4.52. The summed E-state index contributed by atoms with van der Waals surface area (Å²) in [4.78, 5) is 44.4. The number of amides is 1. The molecule has 1 amide bonds. The summed E-state index contributed by atoms with van der Waals surface area (Å²) in [5.41, 5.74) is 1.07. The first-order valence-electron chi connectivity index (χ1n) is 10.6. The molecule has 3 aromatic rings. The summed E-state index contributed by atoms with van der Waals surface area (Å²) in [6.45, 7) is 3.94. The van der Waals surface area contributed by atoms with Crippen LogP contribution in [0.1, 0.15) is 39.5 Å². The lowest BCUT2D eigenvalue weighted by Crippen LogP contribution is -2.29. The monoisotopic (exact) mass is 512 g/mol. The maximum atomic E-state index is 13.2. The normalized spacial score (nSPS) is 17.0. The fourth-order valence-electron chi connectivity index (χ4n) is 3.82. The van der Waals surface area contributed by atoms with E-state index in [1.807, 2.05) is 6.92 Å². The van der Waals surface area contributed by atoms with Crippen molar-refractivity contribution in [1.29, 1.82) is 0 Å². The van der Waals surface area contributed by atoms with E-state index >= 15 is 0 Å². The Labute approximate surface area is 210 Å². The van der Waals surface area contributed by atoms with Gasteiger partial charge in [0.25, 0.3) is 5.78 Å². The second-order valence-corrected chi connectivity index (χ2v) is 9.00. The third-order valence-electron chi connectivity index (χ3n) is 5.41. The average Bonchev–Trinajstić information content (AvgIpc) is 3.35. The van der Waals surface area contributed by atoms with Gasteiger partial charge >= 0.3 is 11.9 Å². The van der Waals surface area contributed by atoms with Crippen molar-refractivity contribution in [2.24, 2.45) is 0 Å². The summed E-state index contributed by atoms with van der Waals surface area (Å²) in [7, 11) is 1.25. The number of methoxy groups -OCH3 is 1. The molecule has 180 valence electrons. The Balaban J connectivity index is 1.90. The number of aryl methyl sites for hydroxylation is 1. The molecule has 10 heteroatoms. The van der Waals surface area contributed by atoms with Gasteiger partial charge in [0.2, 0.25) is 0 Å². The molecule has 1 atom stereocenters. The molecule has 1 aliphatic heterocycles. The number of anilines is 1. The molecule has 1 aliphatic rings. The molecule has 0 radical (unpaired) electrons. The van der Waals surface area contributed by atoms with E-state index in [9.17, 15) is 19.5 Å². The largest absolute Gasteiger partial charge is 0.507 e. The van der Waals surface area contributed by atoms with E-state index in [0.29, 0.717) is 34.2 Å². The molecule has 4 rings (SSSR count). The number of ether oxygens (including phenoxy) is 2. The van der Waals surface area contributed by atoms with Crippen LogP contribution in [0.4, 0.5) is 5.13 Å². The Bertz CT molecular complexity index is 1350. The first-order valence-corrected chi connectivity index (χ1v) is 11.8. The average molecular weight is 513 g/mol. The highest BCUT2D eigenvalue weighted by atomic mass is 35.5. The molecule has 0 spiro atoms. The third-order valence-corrected chi connectivity index (χ3v) is 6.78. The molecule has 1 saturated heterocycles. The summed E-state index contributed by atoms with van der Waals surface area (Å²) in [5.74, 6) is -2.11. The predicted molar refractivity (Wildman–Crippen MR) is 132 cm³/mol. The van der Waals surface area contributed by atoms with Crippen LogP contribution >= 0.6 is 22.9 Å². The fraction of sp³-hybridized carbons (Fsp3) is 0.200. The van der Waals surface area contributed by atoms with Crippen molar-refractivity contribution in [3.05, 3.63) is 80.8 Å². The summed E-state index contributed by atoms with van der Waals surface area (Å²) < 4.78 is 10.2. The summed E-state index contributed by atoms with van der Waals surface area (Å²) in [6.07, 6.45) is 0. The van der Waals surface area contributed by atoms with Crippen LogP contribution in [0.25, 0.3) is 5.76 Å². The number of carbonyl (C=O) groups is 3. The lowest BCUT2D eigenvalue weighted by Gasteiger charge is -2.23. The first kappa shape index (κ1) is 24.4. The molecule has 0 bridgehead atoms. The van der Waals surface area contributed by atoms with Gasteiger partial charge in [-0.05, 0) is 55.8 Å². The van der Waals surface area contributed by atoms with E-state index in [1.165, 1.54) is 12.0 Å². The molecule has 1 fully saturated rings. The SMILES string of the molecule is CCOc1ccc(C(O)=C2C(=O)C(=O)N(c3nc(C)c(C(=O)OC)s3)[C@@H]2c2cccc(Cl)c2)cc1. The molecule has 2 heterocycles. The number of esters is 1. The van der Waals surface area contributed by atoms with Crippen molar-refractivity contribution in [3.8, 4) is 5.75 Å². The smallest absolute Gasteiger partial charge is 0.350 e. The summed E-state index contributed by atoms with van der Waals surface area (Å²) >= 11 is 7.14. The van der Waals surface area contributed by atoms with Crippen molar-refractivity contribution < 1.29 is 29.0 Å². The number of Topliss-reactive ketones (excluding diaryl/α,β-unsaturated/α-hetero) is 1. The number of rotatable bonds is 6. The minimum Gasteiger partial charge on any atom is -0.507 e. The van der Waals surface area contributed by atoms with E-state index in [0.717, 1.165) is 11.3 Å². The van der Waals surface area contributed by atoms with Gasteiger partial charge < -0.3 is 14.6 Å². The zero-order valence-electron chi connectivity index (χ0n) is 19.1. The van der Waals surface area contributed by atoms with Crippen molar-refractivity contribution in [1.82, 2.24) is 4.98 Å². The molecule has 1 aromatic heterocycles. The zero-order valence-corrected chi connectivity index (χ0v) is 20.6. The van der Waals surface area contributed by atoms with Gasteiger partial charge in [0, 0.05) is 10.6 Å². The molecular weight excluding hydrogens is 492 g/mol. The quantitative estimate of drug-likeness (QED) is 0.216. The van der Waals surface area contributed by atoms with E-state index < -0.39 is 23.7 Å². The molecule has 2 aromatic carbocycles. The Morgan fingerprint density at radius 1 is 1.20 bits per heavy atom. The van der Waals surface area contributed by atoms with Crippen molar-refractivity contribution in [2.45, 2.75) is 19.9 Å². The van der Waals surface area contributed by atoms with Crippen molar-refractivity contribution >= 4 is 51.5 Å². The predicted octanol–water partition coefficient (Wildman–Crippen LogP) is 4.92. The van der Waals surface area contributed by atoms with Crippen LogP contribution in [0, 0.1) is 6.92 Å². The lowest BCUT2D eigenvalue weighted by atomic mass is 9.95. The van der Waals surface area contributed by atoms with Gasteiger partial charge in [-0.1, -0.05) is 35.1 Å². The molecule has 8 nitrogen and oxygen atoms in total. The van der Waals surface area contributed by atoms with Gasteiger partial charge in [0.1, 0.15) is 16.4 Å². The molecule has 0 aliphatic carbocycles. The number of aliphatic hydroxyl groups is 1. The molecule has 0 saturated carbocycles. The number of aromatic nitrogens is 1. The molecule has 35 heavy (non-hydrogen) atoms. The number of thiazole rings is 1. The van der Waals surface area contributed by atoms with Gasteiger partial charge in [-0.25, -0.2) is 9.78 Å². The van der Waals surface area contributed by atoms with E-state index in [2.05, 4.69) is 4.98 Å². The fourth-order valence-corrected chi connectivity index (χ4v) is 5.03. The van der Waals surface area contributed by atoms with Gasteiger partial charge in [-0.3, -0.25) is 14.5 Å². The number of carbonyl (C=O) groups excluding carboxylic acids is 3. The maximum absolute atomic E-state index is 13.2. The van der Waals surface area contributed by atoms with Crippen LogP contribution in [0.15, 0.2) is 54.1 Å². The van der Waals surface area contributed by atoms with E-state index in [-0.39, 0.29) is 21.3 Å². The Hall–Kier alpha value is -3.69. The molecule has 0 unspecified atom stereocenters. The number of halogens is 1.